The van der Waals surface area contributed by atoms with Crippen LogP contribution in [0.4, 0.5) is 17.1 Å². The lowest BCUT2D eigenvalue weighted by Crippen LogP contribution is -2.33. The first kappa shape index (κ1) is 45.7. The second-order valence-corrected chi connectivity index (χ2v) is 21.0. The quantitative estimate of drug-likeness (QED) is 0.166. The van der Waals surface area contributed by atoms with E-state index in [1.807, 2.05) is 0 Å². The van der Waals surface area contributed by atoms with Crippen LogP contribution in [-0.2, 0) is 18.3 Å². The molecule has 0 amide bonds. The van der Waals surface area contributed by atoms with Crippen LogP contribution in [0.25, 0.3) is 50.1 Å². The summed E-state index contributed by atoms with van der Waals surface area (Å²) in [7, 11) is 0. The minimum absolute atomic E-state index is 0.454. The van der Waals surface area contributed by atoms with Gasteiger partial charge in [-0.2, -0.15) is 0 Å². The molecule has 0 aromatic heterocycles. The van der Waals surface area contributed by atoms with E-state index < -0.39 is 5.41 Å². The molecule has 2 aliphatic heterocycles. The molecule has 4 aliphatic rings. The van der Waals surface area contributed by atoms with Gasteiger partial charge in [0.2, 0.25) is 0 Å². The van der Waals surface area contributed by atoms with Gasteiger partial charge in [-0.25, -0.2) is 0 Å². The van der Waals surface area contributed by atoms with Gasteiger partial charge in [-0.3, -0.25) is 0 Å². The van der Waals surface area contributed by atoms with Gasteiger partial charge in [-0.15, -0.1) is 0 Å². The van der Waals surface area contributed by atoms with Crippen LogP contribution in [0, 0.1) is 0 Å². The zero-order valence-electron chi connectivity index (χ0n) is 43.1. The second kappa shape index (κ2) is 18.8. The Balaban J connectivity index is 0.857. The van der Waals surface area contributed by atoms with Crippen molar-refractivity contribution in [3.63, 3.8) is 0 Å². The molecule has 0 saturated heterocycles. The molecular weight excluding hydrogens is 947 g/mol. The predicted molar refractivity (Wildman–Crippen MR) is 320 cm³/mol. The Bertz CT molecular complexity index is 4170. The third-order valence-electron chi connectivity index (χ3n) is 16.6. The predicted octanol–water partition coefficient (Wildman–Crippen LogP) is 19.7. The van der Waals surface area contributed by atoms with Gasteiger partial charge >= 0.3 is 0 Å². The molecule has 0 atom stereocenters. The van der Waals surface area contributed by atoms with E-state index in [9.17, 15) is 0 Å². The zero-order valence-corrected chi connectivity index (χ0v) is 43.1. The van der Waals surface area contributed by atoms with Gasteiger partial charge in [0.25, 0.3) is 0 Å². The van der Waals surface area contributed by atoms with E-state index in [0.717, 1.165) is 88.0 Å². The number of fused-ring (bicyclic) bond motifs is 13. The summed E-state index contributed by atoms with van der Waals surface area (Å²) in [5, 5.41) is 0. The molecule has 2 heterocycles. The SMILES string of the molecule is C1=CC2=C(CC1)c1cc(-c3ccc(N(c4cccc(-c5ccccc5)c4)c4cccc(-c5cccc6c5-c5ccccc5Cc5ccccc5Oc5ccccc5C6)c4)cc3)ccc1C21c2ccccc2Oc2ccccc21. The van der Waals surface area contributed by atoms with Crippen molar-refractivity contribution in [1.29, 1.82) is 0 Å². The van der Waals surface area contributed by atoms with Gasteiger partial charge in [0.05, 0.1) is 5.41 Å². The molecule has 1 spiro atoms. The molecule has 0 unspecified atom stereocenters. The summed E-state index contributed by atoms with van der Waals surface area (Å²) in [5.41, 5.74) is 25.0. The van der Waals surface area contributed by atoms with Crippen LogP contribution in [0.5, 0.6) is 23.0 Å². The zero-order chi connectivity index (χ0) is 51.6. The molecule has 0 N–H and O–H groups in total. The average Bonchev–Trinajstić information content (AvgIpc) is 3.82. The van der Waals surface area contributed by atoms with Crippen molar-refractivity contribution in [2.75, 3.05) is 4.90 Å². The normalized spacial score (nSPS) is 14.2. The molecule has 11 aromatic carbocycles. The summed E-state index contributed by atoms with van der Waals surface area (Å²) < 4.78 is 13.4. The van der Waals surface area contributed by atoms with Gasteiger partial charge in [0.1, 0.15) is 23.0 Å². The highest BCUT2D eigenvalue weighted by molar-refractivity contribution is 5.93. The molecule has 15 rings (SSSR count). The largest absolute Gasteiger partial charge is 0.457 e. The van der Waals surface area contributed by atoms with Crippen LogP contribution in [0.2, 0.25) is 0 Å². The molecule has 78 heavy (non-hydrogen) atoms. The number of ether oxygens (including phenoxy) is 2. The van der Waals surface area contributed by atoms with Gasteiger partial charge in [0.15, 0.2) is 0 Å². The number of rotatable bonds is 6. The Morgan fingerprint density at radius 2 is 0.846 bits per heavy atom. The van der Waals surface area contributed by atoms with E-state index in [2.05, 4.69) is 278 Å². The smallest absolute Gasteiger partial charge is 0.132 e. The van der Waals surface area contributed by atoms with Crippen molar-refractivity contribution in [3.8, 4) is 67.5 Å². The Labute approximate surface area is 456 Å². The van der Waals surface area contributed by atoms with E-state index in [4.69, 9.17) is 9.47 Å². The highest BCUT2D eigenvalue weighted by Gasteiger charge is 2.51. The topological polar surface area (TPSA) is 21.7 Å². The maximum absolute atomic E-state index is 6.78. The third kappa shape index (κ3) is 7.57. The van der Waals surface area contributed by atoms with Gasteiger partial charge < -0.3 is 14.4 Å². The molecule has 0 saturated carbocycles. The molecule has 0 fully saturated rings. The minimum Gasteiger partial charge on any atom is -0.457 e. The third-order valence-corrected chi connectivity index (χ3v) is 16.6. The van der Waals surface area contributed by atoms with Crippen molar-refractivity contribution < 1.29 is 9.47 Å². The molecule has 3 heteroatoms. The number of nitrogens with zero attached hydrogens (tertiary/aromatic N) is 1. The van der Waals surface area contributed by atoms with E-state index in [1.165, 1.54) is 77.9 Å². The lowest BCUT2D eigenvalue weighted by Gasteiger charge is -2.40. The van der Waals surface area contributed by atoms with Gasteiger partial charge in [0, 0.05) is 41.0 Å². The maximum Gasteiger partial charge on any atom is 0.132 e. The fraction of sp³-hybridized carbons (Fsp3) is 0.0667. The van der Waals surface area contributed by atoms with Crippen LogP contribution in [0.1, 0.15) is 57.3 Å². The van der Waals surface area contributed by atoms with Crippen molar-refractivity contribution in [2.45, 2.75) is 31.1 Å². The molecule has 0 radical (unpaired) electrons. The minimum atomic E-state index is -0.454. The first-order valence-electron chi connectivity index (χ1n) is 27.3. The van der Waals surface area contributed by atoms with E-state index in [1.54, 1.807) is 0 Å². The Morgan fingerprint density at radius 1 is 0.333 bits per heavy atom. The van der Waals surface area contributed by atoms with Crippen LogP contribution in [-0.4, -0.2) is 0 Å². The number of hydrogen-bond donors (Lipinski definition) is 0. The number of anilines is 3. The second-order valence-electron chi connectivity index (χ2n) is 21.0. The molecule has 0 bridgehead atoms. The summed E-state index contributed by atoms with van der Waals surface area (Å²) in [6.45, 7) is 0. The first-order chi connectivity index (χ1) is 38.7. The molecule has 11 aromatic rings. The lowest BCUT2D eigenvalue weighted by atomic mass is 9.65. The highest BCUT2D eigenvalue weighted by atomic mass is 16.5. The summed E-state index contributed by atoms with van der Waals surface area (Å²) >= 11 is 0. The van der Waals surface area contributed by atoms with Gasteiger partial charge in [-0.05, 0) is 169 Å². The van der Waals surface area contributed by atoms with E-state index >= 15 is 0 Å². The number of hydrogen-bond acceptors (Lipinski definition) is 3. The average molecular weight is 1000 g/mol. The monoisotopic (exact) mass is 999 g/mol. The van der Waals surface area contributed by atoms with Crippen molar-refractivity contribution in [3.05, 3.63) is 323 Å². The Morgan fingerprint density at radius 3 is 1.58 bits per heavy atom. The van der Waals surface area contributed by atoms with Crippen LogP contribution in [0.15, 0.2) is 279 Å². The molecule has 3 nitrogen and oxygen atoms in total. The maximum atomic E-state index is 6.78. The fourth-order valence-corrected chi connectivity index (χ4v) is 13.1. The number of para-hydroxylation sites is 4. The van der Waals surface area contributed by atoms with E-state index in [-0.39, 0.29) is 0 Å². The summed E-state index contributed by atoms with van der Waals surface area (Å²) in [4.78, 5) is 2.42. The fourth-order valence-electron chi connectivity index (χ4n) is 13.1. The van der Waals surface area contributed by atoms with Crippen LogP contribution < -0.4 is 14.4 Å². The van der Waals surface area contributed by atoms with Gasteiger partial charge in [-0.1, -0.05) is 206 Å². The highest BCUT2D eigenvalue weighted by Crippen LogP contribution is 2.63. The summed E-state index contributed by atoms with van der Waals surface area (Å²) in [6, 6.07) is 95.2. The van der Waals surface area contributed by atoms with Crippen molar-refractivity contribution in [1.82, 2.24) is 0 Å². The molecule has 2 aliphatic carbocycles. The number of benzene rings is 11. The van der Waals surface area contributed by atoms with Crippen LogP contribution >= 0.6 is 0 Å². The lowest BCUT2D eigenvalue weighted by molar-refractivity contribution is 0.435. The Hall–Kier alpha value is -9.70. The Kier molecular flexibility index (Phi) is 11.0. The number of allylic oxidation sites excluding steroid dienone is 4. The molecular formula is C75H53NO2. The summed E-state index contributed by atoms with van der Waals surface area (Å²) in [5.74, 6) is 3.63. The molecule has 370 valence electrons. The van der Waals surface area contributed by atoms with Crippen molar-refractivity contribution in [2.24, 2.45) is 0 Å². The van der Waals surface area contributed by atoms with E-state index in [0.29, 0.717) is 0 Å². The van der Waals surface area contributed by atoms with Crippen LogP contribution in [0.3, 0.4) is 0 Å². The summed E-state index contributed by atoms with van der Waals surface area (Å²) in [6.07, 6.45) is 8.24. The van der Waals surface area contributed by atoms with Crippen molar-refractivity contribution >= 4 is 22.6 Å². The standard InChI is InChI=1S/C75H53NO2/c1-2-19-50(20-3-1)52-24-16-27-60(47-52)76(59-42-39-51(40-43-59)53-41-44-67-65(49-53)64-30-8-9-32-66(64)75(67)68-33-10-14-37-72(68)78-73-38-15-11-34-69(73)75)61-28-17-25-55(48-61)63-31-18-26-58-46-57-23-6-13-36-71(57)77-70-35-12-5-22-56(70)45-54-21-4-7-29-62(54)74(58)63/h1-7,9-29,31-44,47-49H,8,30,45-46H2. The first-order valence-corrected chi connectivity index (χ1v) is 27.3.